The molecule has 1 aromatic carbocycles. The molecule has 1 atom stereocenters. The molecule has 4 heterocycles. The molecule has 2 saturated heterocycles. The predicted octanol–water partition coefficient (Wildman–Crippen LogP) is 2.34. The van der Waals surface area contributed by atoms with Gasteiger partial charge in [-0.3, -0.25) is 14.5 Å². The normalized spacial score (nSPS) is 18.6. The molecule has 0 unspecified atom stereocenters. The van der Waals surface area contributed by atoms with Crippen molar-refractivity contribution in [1.82, 2.24) is 25.2 Å². The fourth-order valence-electron chi connectivity index (χ4n) is 5.14. The number of amides is 1. The first kappa shape index (κ1) is 24.4. The van der Waals surface area contributed by atoms with Crippen LogP contribution in [0.3, 0.4) is 0 Å². The number of aryl methyl sites for hydroxylation is 3. The molecule has 0 aliphatic carbocycles. The molecule has 2 N–H and O–H groups in total. The number of nitrogens with one attached hydrogen (secondary N) is 2. The summed E-state index contributed by atoms with van der Waals surface area (Å²) in [7, 11) is 0. The molecule has 36 heavy (non-hydrogen) atoms. The van der Waals surface area contributed by atoms with Gasteiger partial charge in [-0.25, -0.2) is 9.97 Å². The zero-order chi connectivity index (χ0) is 25.2. The zero-order valence-corrected chi connectivity index (χ0v) is 21.3. The predicted molar refractivity (Wildman–Crippen MR) is 140 cm³/mol. The van der Waals surface area contributed by atoms with Crippen LogP contribution in [0.25, 0.3) is 11.0 Å². The van der Waals surface area contributed by atoms with Gasteiger partial charge in [0.15, 0.2) is 0 Å². The lowest BCUT2D eigenvalue weighted by Crippen LogP contribution is -2.46. The van der Waals surface area contributed by atoms with Crippen molar-refractivity contribution < 1.29 is 9.53 Å². The Kier molecular flexibility index (Phi) is 7.02. The van der Waals surface area contributed by atoms with E-state index in [4.69, 9.17) is 4.74 Å². The average Bonchev–Trinajstić information content (AvgIpc) is 3.37. The third-order valence-electron chi connectivity index (χ3n) is 7.13. The highest BCUT2D eigenvalue weighted by atomic mass is 16.5. The third-order valence-corrected chi connectivity index (χ3v) is 7.13. The van der Waals surface area contributed by atoms with Gasteiger partial charge in [-0.05, 0) is 56.0 Å². The molecule has 5 rings (SSSR count). The van der Waals surface area contributed by atoms with E-state index in [-0.39, 0.29) is 17.5 Å². The van der Waals surface area contributed by atoms with Crippen molar-refractivity contribution in [1.29, 1.82) is 0 Å². The van der Waals surface area contributed by atoms with Gasteiger partial charge >= 0.3 is 0 Å². The summed E-state index contributed by atoms with van der Waals surface area (Å²) < 4.78 is 5.34. The van der Waals surface area contributed by atoms with Crippen LogP contribution in [-0.2, 0) is 17.7 Å². The van der Waals surface area contributed by atoms with Gasteiger partial charge in [-0.1, -0.05) is 13.0 Å². The summed E-state index contributed by atoms with van der Waals surface area (Å²) in [5.74, 6) is -0.141. The van der Waals surface area contributed by atoms with E-state index in [1.807, 2.05) is 26.0 Å². The molecule has 0 radical (unpaired) electrons. The monoisotopic (exact) mass is 490 g/mol. The Labute approximate surface area is 210 Å². The summed E-state index contributed by atoms with van der Waals surface area (Å²) >= 11 is 0. The molecule has 2 aliphatic heterocycles. The second-order valence-electron chi connectivity index (χ2n) is 9.77. The van der Waals surface area contributed by atoms with E-state index >= 15 is 0 Å². The Balaban J connectivity index is 1.21. The van der Waals surface area contributed by atoms with E-state index in [1.165, 1.54) is 5.56 Å². The number of piperazine rings is 1. The van der Waals surface area contributed by atoms with Crippen LogP contribution in [0.1, 0.15) is 46.3 Å². The number of anilines is 1. The van der Waals surface area contributed by atoms with Crippen LogP contribution in [0.5, 0.6) is 0 Å². The molecule has 2 aromatic heterocycles. The van der Waals surface area contributed by atoms with E-state index in [0.717, 1.165) is 67.1 Å². The largest absolute Gasteiger partial charge is 0.379 e. The summed E-state index contributed by atoms with van der Waals surface area (Å²) in [6.07, 6.45) is 1.47. The van der Waals surface area contributed by atoms with E-state index in [2.05, 4.69) is 49.1 Å². The van der Waals surface area contributed by atoms with E-state index in [1.54, 1.807) is 0 Å². The summed E-state index contributed by atoms with van der Waals surface area (Å²) in [5.41, 5.74) is 6.81. The molecule has 190 valence electrons. The van der Waals surface area contributed by atoms with E-state index in [0.29, 0.717) is 31.0 Å². The van der Waals surface area contributed by atoms with Crippen molar-refractivity contribution in [2.24, 2.45) is 0 Å². The van der Waals surface area contributed by atoms with Crippen LogP contribution >= 0.6 is 0 Å². The van der Waals surface area contributed by atoms with Gasteiger partial charge < -0.3 is 19.9 Å². The fourth-order valence-corrected chi connectivity index (χ4v) is 5.14. The number of nitrogens with zero attached hydrogens (tertiary/aromatic N) is 4. The fraction of sp³-hybridized carbons (Fsp3) is 0.481. The number of hydrogen-bond donors (Lipinski definition) is 2. The Morgan fingerprint density at radius 2 is 1.97 bits per heavy atom. The lowest BCUT2D eigenvalue weighted by atomic mass is 10.1. The molecule has 0 saturated carbocycles. The van der Waals surface area contributed by atoms with Crippen molar-refractivity contribution >= 4 is 22.6 Å². The number of ether oxygens (including phenoxy) is 1. The number of hydrogen-bond acceptors (Lipinski definition) is 7. The first-order valence-corrected chi connectivity index (χ1v) is 12.8. The summed E-state index contributed by atoms with van der Waals surface area (Å²) in [6, 6.07) is 8.13. The molecular weight excluding hydrogens is 456 g/mol. The smallest absolute Gasteiger partial charge is 0.270 e. The Hall–Kier alpha value is -3.30. The molecule has 2 fully saturated rings. The zero-order valence-electron chi connectivity index (χ0n) is 21.3. The number of aromatic nitrogens is 3. The SMILES string of the molecule is CCc1nc2c(C)cc(CN3CCN(c4ccc(C(=O)N[C@@H]5CCOC5)nc4C)CC3)cc2[nH]c1=O. The number of pyridine rings is 1. The van der Waals surface area contributed by atoms with Crippen LogP contribution in [0.4, 0.5) is 5.69 Å². The maximum absolute atomic E-state index is 12.5. The molecule has 2 aliphatic rings. The maximum Gasteiger partial charge on any atom is 0.270 e. The number of H-pyrrole nitrogens is 1. The summed E-state index contributed by atoms with van der Waals surface area (Å²) in [6.45, 7) is 11.7. The van der Waals surface area contributed by atoms with Gasteiger partial charge in [0, 0.05) is 39.3 Å². The molecule has 9 nitrogen and oxygen atoms in total. The molecular formula is C27H34N6O3. The topological polar surface area (TPSA) is 103 Å². The first-order valence-electron chi connectivity index (χ1n) is 12.8. The van der Waals surface area contributed by atoms with Crippen molar-refractivity contribution in [3.8, 4) is 0 Å². The molecule has 0 spiro atoms. The Morgan fingerprint density at radius 3 is 2.67 bits per heavy atom. The van der Waals surface area contributed by atoms with Gasteiger partial charge in [-0.15, -0.1) is 0 Å². The second-order valence-corrected chi connectivity index (χ2v) is 9.77. The standard InChI is InChI=1S/C27H34N6O3/c1-4-21-26(34)31-23-14-19(13-17(2)25(23)30-21)15-32-8-10-33(11-9-32)24-6-5-22(28-18(24)3)27(35)29-20-7-12-36-16-20/h5-6,13-14,20H,4,7-12,15-16H2,1-3H3,(H,29,35)(H,31,34)/t20-/m1/s1. The van der Waals surface area contributed by atoms with Gasteiger partial charge in [0.05, 0.1) is 35.1 Å². The quantitative estimate of drug-likeness (QED) is 0.547. The number of aromatic amines is 1. The van der Waals surface area contributed by atoms with Crippen molar-refractivity contribution in [3.05, 3.63) is 62.8 Å². The van der Waals surface area contributed by atoms with Crippen LogP contribution in [-0.4, -0.2) is 71.2 Å². The summed E-state index contributed by atoms with van der Waals surface area (Å²) in [4.78, 5) is 41.7. The summed E-state index contributed by atoms with van der Waals surface area (Å²) in [5, 5.41) is 3.00. The number of carbonyl (C=O) groups is 1. The van der Waals surface area contributed by atoms with Gasteiger partial charge in [0.25, 0.3) is 11.5 Å². The maximum atomic E-state index is 12.5. The van der Waals surface area contributed by atoms with Gasteiger partial charge in [0.2, 0.25) is 0 Å². The number of rotatable bonds is 6. The second kappa shape index (κ2) is 10.4. The van der Waals surface area contributed by atoms with Crippen molar-refractivity contribution in [3.63, 3.8) is 0 Å². The van der Waals surface area contributed by atoms with E-state index < -0.39 is 0 Å². The number of carbonyl (C=O) groups excluding carboxylic acids is 1. The first-order chi connectivity index (χ1) is 17.4. The van der Waals surface area contributed by atoms with Crippen LogP contribution in [0.15, 0.2) is 29.1 Å². The van der Waals surface area contributed by atoms with Crippen molar-refractivity contribution in [2.45, 2.75) is 46.2 Å². The van der Waals surface area contributed by atoms with Gasteiger partial charge in [-0.2, -0.15) is 0 Å². The van der Waals surface area contributed by atoms with Gasteiger partial charge in [0.1, 0.15) is 11.4 Å². The third kappa shape index (κ3) is 5.12. The van der Waals surface area contributed by atoms with Crippen LogP contribution in [0.2, 0.25) is 0 Å². The molecule has 0 bridgehead atoms. The van der Waals surface area contributed by atoms with E-state index in [9.17, 15) is 9.59 Å². The van der Waals surface area contributed by atoms with Crippen molar-refractivity contribution in [2.75, 3.05) is 44.3 Å². The highest BCUT2D eigenvalue weighted by molar-refractivity contribution is 5.92. The lowest BCUT2D eigenvalue weighted by molar-refractivity contribution is 0.0924. The highest BCUT2D eigenvalue weighted by Gasteiger charge is 2.22. The highest BCUT2D eigenvalue weighted by Crippen LogP contribution is 2.23. The Morgan fingerprint density at radius 1 is 1.17 bits per heavy atom. The minimum Gasteiger partial charge on any atom is -0.379 e. The minimum atomic E-state index is -0.141. The molecule has 9 heteroatoms. The average molecular weight is 491 g/mol. The molecule has 1 amide bonds. The Bertz CT molecular complexity index is 1320. The minimum absolute atomic E-state index is 0.0732. The van der Waals surface area contributed by atoms with Crippen LogP contribution in [0, 0.1) is 13.8 Å². The molecule has 3 aromatic rings. The lowest BCUT2D eigenvalue weighted by Gasteiger charge is -2.36. The number of fused-ring (bicyclic) bond motifs is 1. The van der Waals surface area contributed by atoms with Crippen LogP contribution < -0.4 is 15.8 Å². The number of benzene rings is 1.